The maximum atomic E-state index is 12.4. The summed E-state index contributed by atoms with van der Waals surface area (Å²) in [6.07, 6.45) is -1.54. The summed E-state index contributed by atoms with van der Waals surface area (Å²) >= 11 is 0. The summed E-state index contributed by atoms with van der Waals surface area (Å²) in [5, 5.41) is 33.0. The van der Waals surface area contributed by atoms with Crippen molar-refractivity contribution in [3.63, 3.8) is 0 Å². The minimum atomic E-state index is -1.68. The zero-order chi connectivity index (χ0) is 22.7. The first-order chi connectivity index (χ1) is 13.4. The van der Waals surface area contributed by atoms with Crippen LogP contribution in [0, 0.1) is 0 Å². The second-order valence-corrected chi connectivity index (χ2v) is 6.10. The maximum absolute atomic E-state index is 12.4. The van der Waals surface area contributed by atoms with Crippen LogP contribution in [0.3, 0.4) is 0 Å². The molecule has 0 aromatic heterocycles. The average Bonchev–Trinajstić information content (AvgIpc) is 2.60. The van der Waals surface area contributed by atoms with Gasteiger partial charge >= 0.3 is 11.9 Å². The van der Waals surface area contributed by atoms with Gasteiger partial charge in [0.1, 0.15) is 18.1 Å². The lowest BCUT2D eigenvalue weighted by Crippen LogP contribution is -2.57. The Hall–Kier alpha value is -3.26. The predicted molar refractivity (Wildman–Crippen MR) is 94.8 cm³/mol. The molecule has 4 amide bonds. The second-order valence-electron chi connectivity index (χ2n) is 6.10. The van der Waals surface area contributed by atoms with Gasteiger partial charge in [0.25, 0.3) is 0 Å². The first-order valence-corrected chi connectivity index (χ1v) is 8.39. The topological polar surface area (TPSA) is 251 Å². The number of amides is 4. The molecule has 0 aliphatic heterocycles. The Morgan fingerprint density at radius 1 is 0.862 bits per heavy atom. The van der Waals surface area contributed by atoms with Gasteiger partial charge in [0, 0.05) is 6.42 Å². The Balaban J connectivity index is 5.42. The van der Waals surface area contributed by atoms with Crippen molar-refractivity contribution in [3.8, 4) is 0 Å². The van der Waals surface area contributed by atoms with Gasteiger partial charge in [0.05, 0.1) is 19.1 Å². The molecule has 0 saturated heterocycles. The van der Waals surface area contributed by atoms with Gasteiger partial charge in [-0.15, -0.1) is 0 Å². The fourth-order valence-electron chi connectivity index (χ4n) is 1.97. The molecular weight excluding hydrogens is 394 g/mol. The summed E-state index contributed by atoms with van der Waals surface area (Å²) in [6.45, 7) is 0.360. The third kappa shape index (κ3) is 10.0. The highest BCUT2D eigenvalue weighted by molar-refractivity contribution is 5.95. The van der Waals surface area contributed by atoms with Crippen LogP contribution in [0.4, 0.5) is 0 Å². The van der Waals surface area contributed by atoms with E-state index in [4.69, 9.17) is 26.8 Å². The van der Waals surface area contributed by atoms with Crippen molar-refractivity contribution in [2.24, 2.45) is 11.5 Å². The Morgan fingerprint density at radius 3 is 1.76 bits per heavy atom. The molecule has 0 spiro atoms. The van der Waals surface area contributed by atoms with Gasteiger partial charge < -0.3 is 42.7 Å². The molecule has 4 atom stereocenters. The lowest BCUT2D eigenvalue weighted by atomic mass is 10.1. The van der Waals surface area contributed by atoms with E-state index in [0.717, 1.165) is 0 Å². The number of nitrogens with two attached hydrogens (primary N) is 2. The quantitative estimate of drug-likeness (QED) is 0.142. The molecule has 14 nitrogen and oxygen atoms in total. The first kappa shape index (κ1) is 25.7. The molecule has 164 valence electrons. The van der Waals surface area contributed by atoms with Gasteiger partial charge in [0.15, 0.2) is 0 Å². The Bertz CT molecular complexity index is 652. The Labute approximate surface area is 165 Å². The number of hydrogen-bond acceptors (Lipinski definition) is 8. The Morgan fingerprint density at radius 2 is 1.34 bits per heavy atom. The van der Waals surface area contributed by atoms with E-state index in [1.807, 2.05) is 5.32 Å². The molecule has 29 heavy (non-hydrogen) atoms. The zero-order valence-corrected chi connectivity index (χ0v) is 15.6. The summed E-state index contributed by atoms with van der Waals surface area (Å²) in [6, 6.07) is -5.81. The van der Waals surface area contributed by atoms with Crippen LogP contribution < -0.4 is 27.4 Å². The molecule has 0 aliphatic carbocycles. The van der Waals surface area contributed by atoms with Crippen molar-refractivity contribution in [2.75, 3.05) is 6.61 Å². The number of hydrogen-bond donors (Lipinski definition) is 8. The molecule has 0 fully saturated rings. The third-order valence-corrected chi connectivity index (χ3v) is 3.53. The van der Waals surface area contributed by atoms with Crippen LogP contribution in [0.5, 0.6) is 0 Å². The molecule has 4 unspecified atom stereocenters. The highest BCUT2D eigenvalue weighted by Gasteiger charge is 2.31. The van der Waals surface area contributed by atoms with E-state index in [1.54, 1.807) is 0 Å². The van der Waals surface area contributed by atoms with E-state index in [2.05, 4.69) is 10.6 Å². The SMILES string of the molecule is CC(N)C(=O)NC(CC(=O)O)C(=O)NC(CCC(N)=O)C(=O)NC(CO)C(=O)O. The van der Waals surface area contributed by atoms with Crippen LogP contribution in [0.2, 0.25) is 0 Å². The van der Waals surface area contributed by atoms with E-state index in [9.17, 15) is 28.8 Å². The molecule has 0 saturated carbocycles. The maximum Gasteiger partial charge on any atom is 0.328 e. The molecular formula is C15H25N5O9. The van der Waals surface area contributed by atoms with E-state index < -0.39 is 72.8 Å². The van der Waals surface area contributed by atoms with Crippen LogP contribution in [-0.4, -0.2) is 81.7 Å². The van der Waals surface area contributed by atoms with E-state index in [0.29, 0.717) is 0 Å². The van der Waals surface area contributed by atoms with Crippen molar-refractivity contribution in [1.29, 1.82) is 0 Å². The van der Waals surface area contributed by atoms with Gasteiger partial charge in [-0.1, -0.05) is 0 Å². The molecule has 0 radical (unpaired) electrons. The molecule has 0 rings (SSSR count). The van der Waals surface area contributed by atoms with Crippen molar-refractivity contribution in [1.82, 2.24) is 16.0 Å². The molecule has 0 aliphatic rings. The van der Waals surface area contributed by atoms with Gasteiger partial charge in [-0.25, -0.2) is 4.79 Å². The number of rotatable bonds is 13. The number of aliphatic hydroxyl groups is 1. The molecule has 0 bridgehead atoms. The summed E-state index contributed by atoms with van der Waals surface area (Å²) in [4.78, 5) is 69.2. The largest absolute Gasteiger partial charge is 0.481 e. The van der Waals surface area contributed by atoms with Crippen molar-refractivity contribution in [2.45, 2.75) is 50.4 Å². The summed E-state index contributed by atoms with van der Waals surface area (Å²) in [5.74, 6) is -6.76. The lowest BCUT2D eigenvalue weighted by Gasteiger charge is -2.23. The third-order valence-electron chi connectivity index (χ3n) is 3.53. The number of carboxylic acids is 2. The minimum Gasteiger partial charge on any atom is -0.481 e. The van der Waals surface area contributed by atoms with E-state index in [1.165, 1.54) is 6.92 Å². The van der Waals surface area contributed by atoms with Crippen LogP contribution >= 0.6 is 0 Å². The summed E-state index contributed by atoms with van der Waals surface area (Å²) in [7, 11) is 0. The molecule has 14 heteroatoms. The molecule has 10 N–H and O–H groups in total. The fourth-order valence-corrected chi connectivity index (χ4v) is 1.97. The van der Waals surface area contributed by atoms with Crippen LogP contribution in [0.25, 0.3) is 0 Å². The van der Waals surface area contributed by atoms with Gasteiger partial charge in [-0.05, 0) is 13.3 Å². The van der Waals surface area contributed by atoms with Crippen molar-refractivity contribution in [3.05, 3.63) is 0 Å². The number of carbonyl (C=O) groups is 6. The van der Waals surface area contributed by atoms with Crippen LogP contribution in [0.15, 0.2) is 0 Å². The lowest BCUT2D eigenvalue weighted by molar-refractivity contribution is -0.144. The van der Waals surface area contributed by atoms with Crippen molar-refractivity contribution < 1.29 is 44.1 Å². The van der Waals surface area contributed by atoms with Gasteiger partial charge in [0.2, 0.25) is 23.6 Å². The standard InChI is InChI=1S/C15H25N5O9/c1-6(16)12(25)19-8(4-11(23)24)14(27)18-7(2-3-10(17)22)13(26)20-9(5-21)15(28)29/h6-9,21H,2-5,16H2,1H3,(H2,17,22)(H,18,27)(H,19,25)(H,20,26)(H,23,24)(H,28,29). The predicted octanol–water partition coefficient (Wildman–Crippen LogP) is -4.39. The fraction of sp³-hybridized carbons (Fsp3) is 0.600. The van der Waals surface area contributed by atoms with Gasteiger partial charge in [-0.2, -0.15) is 0 Å². The highest BCUT2D eigenvalue weighted by atomic mass is 16.4. The number of carboxylic acid groups (broad SMARTS) is 2. The number of carbonyl (C=O) groups excluding carboxylic acids is 4. The van der Waals surface area contributed by atoms with Gasteiger partial charge in [-0.3, -0.25) is 24.0 Å². The van der Waals surface area contributed by atoms with E-state index in [-0.39, 0.29) is 12.8 Å². The Kier molecular flexibility index (Phi) is 10.9. The summed E-state index contributed by atoms with van der Waals surface area (Å²) < 4.78 is 0. The number of primary amides is 1. The average molecular weight is 419 g/mol. The minimum absolute atomic E-state index is 0.342. The number of aliphatic carboxylic acids is 2. The molecule has 0 aromatic carbocycles. The summed E-state index contributed by atoms with van der Waals surface area (Å²) in [5.41, 5.74) is 10.4. The number of nitrogens with one attached hydrogen (secondary N) is 3. The normalized spacial score (nSPS) is 14.6. The molecule has 0 heterocycles. The second kappa shape index (κ2) is 12.2. The molecule has 0 aromatic rings. The first-order valence-electron chi connectivity index (χ1n) is 8.39. The monoisotopic (exact) mass is 419 g/mol. The van der Waals surface area contributed by atoms with E-state index >= 15 is 0 Å². The highest BCUT2D eigenvalue weighted by Crippen LogP contribution is 2.02. The van der Waals surface area contributed by atoms with Crippen LogP contribution in [-0.2, 0) is 28.8 Å². The van der Waals surface area contributed by atoms with Crippen LogP contribution in [0.1, 0.15) is 26.2 Å². The smallest absolute Gasteiger partial charge is 0.328 e. The number of aliphatic hydroxyl groups excluding tert-OH is 1. The zero-order valence-electron chi connectivity index (χ0n) is 15.6. The van der Waals surface area contributed by atoms with Crippen molar-refractivity contribution >= 4 is 35.6 Å².